The second-order valence-corrected chi connectivity index (χ2v) is 10.6. The molecule has 7 nitrogen and oxygen atoms in total. The van der Waals surface area contributed by atoms with Gasteiger partial charge in [-0.05, 0) is 87.7 Å². The molecule has 4 aromatic carbocycles. The summed E-state index contributed by atoms with van der Waals surface area (Å²) in [6.45, 7) is 9.72. The van der Waals surface area contributed by atoms with Gasteiger partial charge in [-0.3, -0.25) is 0 Å². The van der Waals surface area contributed by atoms with Crippen LogP contribution in [0.1, 0.15) is 28.9 Å². The molecule has 0 unspecified atom stereocenters. The third-order valence-electron chi connectivity index (χ3n) is 7.58. The molecule has 0 saturated carbocycles. The zero-order valence-corrected chi connectivity index (χ0v) is 24.2. The van der Waals surface area contributed by atoms with Gasteiger partial charge in [0.15, 0.2) is 11.6 Å². The molecule has 0 atom stereocenters. The third kappa shape index (κ3) is 4.39. The van der Waals surface area contributed by atoms with Gasteiger partial charge < -0.3 is 4.57 Å². The fourth-order valence-corrected chi connectivity index (χ4v) is 5.83. The predicted molar refractivity (Wildman–Crippen MR) is 168 cm³/mol. The lowest BCUT2D eigenvalue weighted by Crippen LogP contribution is -2.04. The van der Waals surface area contributed by atoms with Gasteiger partial charge in [0.1, 0.15) is 23.3 Å². The quantitative estimate of drug-likeness (QED) is 0.225. The average Bonchev–Trinajstić information content (AvgIpc) is 3.30. The summed E-state index contributed by atoms with van der Waals surface area (Å²) in [6, 6.07) is 30.1. The first-order valence-corrected chi connectivity index (χ1v) is 14.0. The summed E-state index contributed by atoms with van der Waals surface area (Å²) in [5.74, 6) is 3.95. The minimum Gasteiger partial charge on any atom is -0.309 e. The van der Waals surface area contributed by atoms with Crippen LogP contribution in [-0.2, 0) is 0 Å². The fraction of sp³-hybridized carbons (Fsp3) is 0.143. The number of benzene rings is 4. The average molecular weight is 548 g/mol. The molecule has 0 aliphatic heterocycles. The van der Waals surface area contributed by atoms with E-state index >= 15 is 0 Å². The second-order valence-electron chi connectivity index (χ2n) is 10.6. The SMILES string of the molecule is Cc1nc(C)nc(-c2ccc(-n3c4ccccc4c4cc(-c5ccccc5C)ccc43)c(-c3nc(C)nc(C)n3)c2)n1. The molecular weight excluding hydrogens is 518 g/mol. The molecule has 0 N–H and O–H groups in total. The van der Waals surface area contributed by atoms with Gasteiger partial charge in [-0.2, -0.15) is 0 Å². The highest BCUT2D eigenvalue weighted by Crippen LogP contribution is 2.38. The van der Waals surface area contributed by atoms with E-state index in [1.54, 1.807) is 0 Å². The topological polar surface area (TPSA) is 82.3 Å². The number of hydrogen-bond acceptors (Lipinski definition) is 6. The van der Waals surface area contributed by atoms with Gasteiger partial charge in [-0.15, -0.1) is 0 Å². The summed E-state index contributed by atoms with van der Waals surface area (Å²) in [5.41, 5.74) is 8.63. The predicted octanol–water partition coefficient (Wildman–Crippen LogP) is 7.70. The summed E-state index contributed by atoms with van der Waals surface area (Å²) in [6.07, 6.45) is 0. The number of hydrogen-bond donors (Lipinski definition) is 0. The summed E-state index contributed by atoms with van der Waals surface area (Å²) in [5, 5.41) is 2.37. The highest BCUT2D eigenvalue weighted by Gasteiger charge is 2.20. The molecule has 0 fully saturated rings. The molecule has 0 radical (unpaired) electrons. The maximum absolute atomic E-state index is 4.78. The molecule has 7 aromatic rings. The number of para-hydroxylation sites is 1. The molecule has 0 spiro atoms. The van der Waals surface area contributed by atoms with Crippen LogP contribution < -0.4 is 0 Å². The van der Waals surface area contributed by atoms with Crippen LogP contribution >= 0.6 is 0 Å². The van der Waals surface area contributed by atoms with Crippen LogP contribution in [0.15, 0.2) is 84.9 Å². The van der Waals surface area contributed by atoms with E-state index in [4.69, 9.17) is 9.97 Å². The van der Waals surface area contributed by atoms with Crippen LogP contribution in [0.4, 0.5) is 0 Å². The Hall–Kier alpha value is -5.30. The van der Waals surface area contributed by atoms with Crippen LogP contribution in [0.25, 0.3) is 61.4 Å². The second kappa shape index (κ2) is 9.96. The van der Waals surface area contributed by atoms with Crippen molar-refractivity contribution in [3.63, 3.8) is 0 Å². The molecular formula is C35H29N7. The molecule has 0 aliphatic rings. The largest absolute Gasteiger partial charge is 0.309 e. The Labute approximate surface area is 244 Å². The van der Waals surface area contributed by atoms with Crippen LogP contribution in [0.3, 0.4) is 0 Å². The Morgan fingerprint density at radius 2 is 1.05 bits per heavy atom. The van der Waals surface area contributed by atoms with Crippen LogP contribution in [-0.4, -0.2) is 34.5 Å². The lowest BCUT2D eigenvalue weighted by molar-refractivity contribution is 0.924. The third-order valence-corrected chi connectivity index (χ3v) is 7.58. The van der Waals surface area contributed by atoms with Crippen molar-refractivity contribution in [3.8, 4) is 39.6 Å². The van der Waals surface area contributed by atoms with Crippen LogP contribution in [0.2, 0.25) is 0 Å². The minimum absolute atomic E-state index is 0.613. The first-order chi connectivity index (χ1) is 20.4. The van der Waals surface area contributed by atoms with Gasteiger partial charge >= 0.3 is 0 Å². The number of aromatic nitrogens is 7. The maximum Gasteiger partial charge on any atom is 0.165 e. The lowest BCUT2D eigenvalue weighted by atomic mass is 9.99. The maximum atomic E-state index is 4.78. The summed E-state index contributed by atoms with van der Waals surface area (Å²) in [7, 11) is 0. The van der Waals surface area contributed by atoms with Crippen molar-refractivity contribution in [2.75, 3.05) is 0 Å². The summed E-state index contributed by atoms with van der Waals surface area (Å²) >= 11 is 0. The standard InChI is InChI=1S/C35H29N7/c1-20-10-6-7-11-27(20)25-14-16-32-29(18-25)28-12-8-9-13-31(28)42(32)33-17-15-26(34-38-21(2)36-22(3)39-34)19-30(33)35-40-23(4)37-24(5)41-35/h6-19H,1-5H3. The summed E-state index contributed by atoms with van der Waals surface area (Å²) < 4.78 is 2.31. The Morgan fingerprint density at radius 1 is 0.452 bits per heavy atom. The van der Waals surface area contributed by atoms with E-state index in [0.29, 0.717) is 34.9 Å². The number of fused-ring (bicyclic) bond motifs is 3. The molecule has 0 saturated heterocycles. The molecule has 3 aromatic heterocycles. The van der Waals surface area contributed by atoms with Gasteiger partial charge in [0.25, 0.3) is 0 Å². The highest BCUT2D eigenvalue weighted by atomic mass is 15.0. The first kappa shape index (κ1) is 25.7. The lowest BCUT2D eigenvalue weighted by Gasteiger charge is -2.15. The van der Waals surface area contributed by atoms with Gasteiger partial charge in [0, 0.05) is 21.9 Å². The number of nitrogens with zero attached hydrogens (tertiary/aromatic N) is 7. The van der Waals surface area contributed by atoms with E-state index in [-0.39, 0.29) is 0 Å². The van der Waals surface area contributed by atoms with Crippen molar-refractivity contribution in [3.05, 3.63) is 114 Å². The molecule has 42 heavy (non-hydrogen) atoms. The monoisotopic (exact) mass is 547 g/mol. The van der Waals surface area contributed by atoms with Crippen molar-refractivity contribution >= 4 is 21.8 Å². The fourth-order valence-electron chi connectivity index (χ4n) is 5.83. The highest BCUT2D eigenvalue weighted by molar-refractivity contribution is 6.11. The van der Waals surface area contributed by atoms with E-state index in [1.165, 1.54) is 27.5 Å². The molecule has 0 bridgehead atoms. The molecule has 7 heteroatoms. The first-order valence-electron chi connectivity index (χ1n) is 14.0. The van der Waals surface area contributed by atoms with Crippen molar-refractivity contribution < 1.29 is 0 Å². The Kier molecular flexibility index (Phi) is 6.08. The van der Waals surface area contributed by atoms with E-state index in [0.717, 1.165) is 27.8 Å². The van der Waals surface area contributed by atoms with E-state index in [2.05, 4.69) is 116 Å². The zero-order chi connectivity index (χ0) is 29.0. The van der Waals surface area contributed by atoms with Gasteiger partial charge in [0.05, 0.1) is 16.7 Å². The number of aryl methyl sites for hydroxylation is 5. The van der Waals surface area contributed by atoms with E-state index in [9.17, 15) is 0 Å². The van der Waals surface area contributed by atoms with Crippen molar-refractivity contribution in [1.82, 2.24) is 34.5 Å². The molecule has 0 aliphatic carbocycles. The van der Waals surface area contributed by atoms with Crippen molar-refractivity contribution in [2.45, 2.75) is 34.6 Å². The van der Waals surface area contributed by atoms with E-state index < -0.39 is 0 Å². The van der Waals surface area contributed by atoms with Gasteiger partial charge in [-0.25, -0.2) is 29.9 Å². The number of rotatable bonds is 4. The van der Waals surface area contributed by atoms with Crippen LogP contribution in [0.5, 0.6) is 0 Å². The van der Waals surface area contributed by atoms with Crippen molar-refractivity contribution in [1.29, 1.82) is 0 Å². The minimum atomic E-state index is 0.613. The normalized spacial score (nSPS) is 11.5. The molecule has 204 valence electrons. The van der Waals surface area contributed by atoms with Crippen LogP contribution in [0, 0.1) is 34.6 Å². The Balaban J connectivity index is 1.53. The van der Waals surface area contributed by atoms with Gasteiger partial charge in [0.2, 0.25) is 0 Å². The van der Waals surface area contributed by atoms with Crippen molar-refractivity contribution in [2.24, 2.45) is 0 Å². The Morgan fingerprint density at radius 3 is 1.76 bits per heavy atom. The zero-order valence-electron chi connectivity index (χ0n) is 24.2. The smallest absolute Gasteiger partial charge is 0.165 e. The Bertz CT molecular complexity index is 2120. The molecule has 7 rings (SSSR count). The van der Waals surface area contributed by atoms with E-state index in [1.807, 2.05) is 27.7 Å². The molecule has 0 amide bonds. The molecule has 3 heterocycles. The summed E-state index contributed by atoms with van der Waals surface area (Å²) in [4.78, 5) is 27.6. The van der Waals surface area contributed by atoms with Gasteiger partial charge in [-0.1, -0.05) is 48.5 Å².